The number of hydrogen-bond donors (Lipinski definition) is 2. The highest BCUT2D eigenvalue weighted by atomic mass is 19.1. The van der Waals surface area contributed by atoms with Crippen LogP contribution in [0.2, 0.25) is 0 Å². The van der Waals surface area contributed by atoms with Crippen molar-refractivity contribution in [2.45, 2.75) is 52.1 Å². The van der Waals surface area contributed by atoms with Crippen molar-refractivity contribution in [2.24, 2.45) is 0 Å². The molecule has 2 heterocycles. The van der Waals surface area contributed by atoms with Gasteiger partial charge >= 0.3 is 0 Å². The smallest absolute Gasteiger partial charge is 0.220 e. The molecule has 26 heavy (non-hydrogen) atoms. The summed E-state index contributed by atoms with van der Waals surface area (Å²) in [4.78, 5) is 14.7. The van der Waals surface area contributed by atoms with Crippen LogP contribution in [0.15, 0.2) is 24.3 Å². The van der Waals surface area contributed by atoms with Crippen LogP contribution >= 0.6 is 0 Å². The van der Waals surface area contributed by atoms with Crippen LogP contribution in [0.4, 0.5) is 4.39 Å². The summed E-state index contributed by atoms with van der Waals surface area (Å²) in [6.45, 7) is 6.59. The molecule has 1 fully saturated rings. The van der Waals surface area contributed by atoms with E-state index in [9.17, 15) is 9.18 Å². The number of amides is 1. The zero-order valence-corrected chi connectivity index (χ0v) is 15.5. The Morgan fingerprint density at radius 3 is 2.81 bits per heavy atom. The van der Waals surface area contributed by atoms with Crippen molar-refractivity contribution in [3.8, 4) is 0 Å². The SMILES string of the molecule is Cc1n[nH]c(C)c1CCC(=O)N[C@H]1CCCN(Cc2ccc(F)cc2)C1. The van der Waals surface area contributed by atoms with Gasteiger partial charge in [0.2, 0.25) is 5.91 Å². The third-order valence-electron chi connectivity index (χ3n) is 5.07. The Hall–Kier alpha value is -2.21. The fourth-order valence-electron chi connectivity index (χ4n) is 3.65. The summed E-state index contributed by atoms with van der Waals surface area (Å²) in [5.41, 5.74) is 4.25. The molecule has 1 saturated heterocycles. The molecule has 2 N–H and O–H groups in total. The molecule has 0 saturated carbocycles. The first-order chi connectivity index (χ1) is 12.5. The van der Waals surface area contributed by atoms with Gasteiger partial charge in [0, 0.05) is 31.2 Å². The van der Waals surface area contributed by atoms with Gasteiger partial charge in [-0.3, -0.25) is 14.8 Å². The molecule has 3 rings (SSSR count). The molecule has 1 aromatic heterocycles. The molecule has 0 unspecified atom stereocenters. The zero-order valence-electron chi connectivity index (χ0n) is 15.5. The molecule has 6 heteroatoms. The first kappa shape index (κ1) is 18.6. The van der Waals surface area contributed by atoms with Crippen molar-refractivity contribution >= 4 is 5.91 Å². The summed E-state index contributed by atoms with van der Waals surface area (Å²) < 4.78 is 13.0. The molecule has 1 amide bonds. The van der Waals surface area contributed by atoms with Gasteiger partial charge in [-0.2, -0.15) is 5.10 Å². The van der Waals surface area contributed by atoms with Crippen LogP contribution in [-0.2, 0) is 17.8 Å². The summed E-state index contributed by atoms with van der Waals surface area (Å²) >= 11 is 0. The normalized spacial score (nSPS) is 18.0. The third-order valence-corrected chi connectivity index (χ3v) is 5.07. The minimum absolute atomic E-state index is 0.0960. The highest BCUT2D eigenvalue weighted by molar-refractivity contribution is 5.76. The Kier molecular flexibility index (Phi) is 6.04. The van der Waals surface area contributed by atoms with Crippen LogP contribution in [0.25, 0.3) is 0 Å². The number of likely N-dealkylation sites (tertiary alicyclic amines) is 1. The highest BCUT2D eigenvalue weighted by Gasteiger charge is 2.21. The van der Waals surface area contributed by atoms with Gasteiger partial charge in [-0.25, -0.2) is 4.39 Å². The molecule has 0 radical (unpaired) electrons. The van der Waals surface area contributed by atoms with Crippen LogP contribution in [0.1, 0.15) is 41.8 Å². The maximum absolute atomic E-state index is 13.0. The molecule has 5 nitrogen and oxygen atoms in total. The minimum Gasteiger partial charge on any atom is -0.352 e. The van der Waals surface area contributed by atoms with E-state index in [1.165, 1.54) is 12.1 Å². The number of hydrogen-bond acceptors (Lipinski definition) is 3. The number of H-pyrrole nitrogens is 1. The third kappa shape index (κ3) is 4.91. The van der Waals surface area contributed by atoms with Crippen LogP contribution in [-0.4, -0.2) is 40.1 Å². The fourth-order valence-corrected chi connectivity index (χ4v) is 3.65. The zero-order chi connectivity index (χ0) is 18.5. The van der Waals surface area contributed by atoms with Crippen LogP contribution in [0.3, 0.4) is 0 Å². The van der Waals surface area contributed by atoms with Gasteiger partial charge in [-0.15, -0.1) is 0 Å². The van der Waals surface area contributed by atoms with Gasteiger partial charge in [-0.1, -0.05) is 12.1 Å². The Morgan fingerprint density at radius 2 is 2.12 bits per heavy atom. The van der Waals surface area contributed by atoms with Gasteiger partial charge in [-0.05, 0) is 62.9 Å². The fraction of sp³-hybridized carbons (Fsp3) is 0.500. The van der Waals surface area contributed by atoms with Crippen LogP contribution in [0, 0.1) is 19.7 Å². The predicted octanol–water partition coefficient (Wildman–Crippen LogP) is 2.88. The van der Waals surface area contributed by atoms with E-state index in [2.05, 4.69) is 20.4 Å². The first-order valence-electron chi connectivity index (χ1n) is 9.28. The van der Waals surface area contributed by atoms with Crippen molar-refractivity contribution < 1.29 is 9.18 Å². The average molecular weight is 358 g/mol. The van der Waals surface area contributed by atoms with E-state index in [-0.39, 0.29) is 17.8 Å². The summed E-state index contributed by atoms with van der Waals surface area (Å²) in [5.74, 6) is -0.112. The van der Waals surface area contributed by atoms with Crippen molar-refractivity contribution in [3.05, 3.63) is 52.6 Å². The largest absolute Gasteiger partial charge is 0.352 e. The number of halogens is 1. The van der Waals surface area contributed by atoms with E-state index < -0.39 is 0 Å². The molecule has 1 aliphatic rings. The van der Waals surface area contributed by atoms with E-state index in [1.807, 2.05) is 26.0 Å². The highest BCUT2D eigenvalue weighted by Crippen LogP contribution is 2.15. The van der Waals surface area contributed by atoms with Gasteiger partial charge in [0.1, 0.15) is 5.82 Å². The van der Waals surface area contributed by atoms with Gasteiger partial charge in [0.15, 0.2) is 0 Å². The Bertz CT molecular complexity index is 721. The summed E-state index contributed by atoms with van der Waals surface area (Å²) in [7, 11) is 0. The average Bonchev–Trinajstić information content (AvgIpc) is 2.94. The standard InChI is InChI=1S/C20H27FN4O/c1-14-19(15(2)24-23-14)9-10-20(26)22-18-4-3-11-25(13-18)12-16-5-7-17(21)8-6-16/h5-8,18H,3-4,9-13H2,1-2H3,(H,22,26)(H,23,24)/t18-/m0/s1. The molecular formula is C20H27FN4O. The minimum atomic E-state index is -0.208. The number of benzene rings is 1. The lowest BCUT2D eigenvalue weighted by atomic mass is 10.0. The van der Waals surface area contributed by atoms with E-state index in [0.717, 1.165) is 55.0 Å². The number of carbonyl (C=O) groups excluding carboxylic acids is 1. The first-order valence-corrected chi connectivity index (χ1v) is 9.28. The molecule has 0 spiro atoms. The predicted molar refractivity (Wildman–Crippen MR) is 99.2 cm³/mol. The van der Waals surface area contributed by atoms with E-state index in [4.69, 9.17) is 0 Å². The van der Waals surface area contributed by atoms with E-state index in [1.54, 1.807) is 0 Å². The van der Waals surface area contributed by atoms with Crippen LogP contribution < -0.4 is 5.32 Å². The quantitative estimate of drug-likeness (QED) is 0.835. The number of aryl methyl sites for hydroxylation is 2. The van der Waals surface area contributed by atoms with Gasteiger partial charge < -0.3 is 5.32 Å². The monoisotopic (exact) mass is 358 g/mol. The topological polar surface area (TPSA) is 61.0 Å². The molecule has 140 valence electrons. The molecule has 0 bridgehead atoms. The number of aromatic amines is 1. The number of aromatic nitrogens is 2. The van der Waals surface area contributed by atoms with Gasteiger partial charge in [0.05, 0.1) is 5.69 Å². The molecule has 1 aromatic carbocycles. The van der Waals surface area contributed by atoms with Gasteiger partial charge in [0.25, 0.3) is 0 Å². The summed E-state index contributed by atoms with van der Waals surface area (Å²) in [5, 5.41) is 10.3. The van der Waals surface area contributed by atoms with Crippen LogP contribution in [0.5, 0.6) is 0 Å². The number of nitrogens with one attached hydrogen (secondary N) is 2. The van der Waals surface area contributed by atoms with Crippen molar-refractivity contribution in [1.29, 1.82) is 0 Å². The Labute approximate surface area is 154 Å². The van der Waals surface area contributed by atoms with Crippen molar-refractivity contribution in [1.82, 2.24) is 20.4 Å². The van der Waals surface area contributed by atoms with E-state index >= 15 is 0 Å². The second kappa shape index (κ2) is 8.45. The molecule has 0 aliphatic carbocycles. The number of carbonyl (C=O) groups is 1. The number of nitrogens with zero attached hydrogens (tertiary/aromatic N) is 2. The Morgan fingerprint density at radius 1 is 1.35 bits per heavy atom. The molecular weight excluding hydrogens is 331 g/mol. The molecule has 1 aliphatic heterocycles. The second-order valence-electron chi connectivity index (χ2n) is 7.18. The number of piperidine rings is 1. The maximum atomic E-state index is 13.0. The molecule has 2 aromatic rings. The summed E-state index contributed by atoms with van der Waals surface area (Å²) in [6, 6.07) is 6.83. The Balaban J connectivity index is 1.46. The number of rotatable bonds is 6. The lowest BCUT2D eigenvalue weighted by Gasteiger charge is -2.33. The maximum Gasteiger partial charge on any atom is 0.220 e. The lowest BCUT2D eigenvalue weighted by molar-refractivity contribution is -0.122. The molecule has 1 atom stereocenters. The second-order valence-corrected chi connectivity index (χ2v) is 7.18. The van der Waals surface area contributed by atoms with Crippen molar-refractivity contribution in [3.63, 3.8) is 0 Å². The summed E-state index contributed by atoms with van der Waals surface area (Å²) in [6.07, 6.45) is 3.27. The lowest BCUT2D eigenvalue weighted by Crippen LogP contribution is -2.47. The van der Waals surface area contributed by atoms with Crippen molar-refractivity contribution in [2.75, 3.05) is 13.1 Å². The van der Waals surface area contributed by atoms with E-state index in [0.29, 0.717) is 12.8 Å².